The van der Waals surface area contributed by atoms with Gasteiger partial charge < -0.3 is 9.47 Å². The molecular formula is C22H27N3O3S. The van der Waals surface area contributed by atoms with Crippen molar-refractivity contribution in [3.63, 3.8) is 0 Å². The molecule has 2 aromatic rings. The Morgan fingerprint density at radius 1 is 1.00 bits per heavy atom. The van der Waals surface area contributed by atoms with Crippen molar-refractivity contribution in [2.75, 3.05) is 26.2 Å². The fourth-order valence-electron chi connectivity index (χ4n) is 6.15. The van der Waals surface area contributed by atoms with Gasteiger partial charge in [-0.25, -0.2) is 0 Å². The number of benzene rings is 1. The topological polar surface area (TPSA) is 64.6 Å². The van der Waals surface area contributed by atoms with Crippen LogP contribution in [0.2, 0.25) is 0 Å². The molecule has 4 fully saturated rings. The van der Waals surface area contributed by atoms with Crippen LogP contribution < -0.4 is 14.4 Å². The first kappa shape index (κ1) is 18.9. The molecule has 1 heterocycles. The summed E-state index contributed by atoms with van der Waals surface area (Å²) in [6, 6.07) is 5.21. The van der Waals surface area contributed by atoms with Gasteiger partial charge in [0.1, 0.15) is 16.5 Å². The van der Waals surface area contributed by atoms with Crippen molar-refractivity contribution in [2.45, 2.75) is 43.9 Å². The highest BCUT2D eigenvalue weighted by Gasteiger charge is 2.53. The highest BCUT2D eigenvalue weighted by molar-refractivity contribution is 7.15. The Labute approximate surface area is 175 Å². The van der Waals surface area contributed by atoms with E-state index in [1.165, 1.54) is 38.5 Å². The van der Waals surface area contributed by atoms with E-state index in [2.05, 4.69) is 10.2 Å². The molecule has 1 aromatic heterocycles. The van der Waals surface area contributed by atoms with Gasteiger partial charge in [0.25, 0.3) is 5.91 Å². The average molecular weight is 414 g/mol. The predicted molar refractivity (Wildman–Crippen MR) is 112 cm³/mol. The zero-order valence-corrected chi connectivity index (χ0v) is 18.0. The van der Waals surface area contributed by atoms with Crippen LogP contribution in [0.25, 0.3) is 0 Å². The highest BCUT2D eigenvalue weighted by Crippen LogP contribution is 2.61. The van der Waals surface area contributed by atoms with Crippen molar-refractivity contribution >= 4 is 22.4 Å². The van der Waals surface area contributed by atoms with Gasteiger partial charge in [0.15, 0.2) is 0 Å². The first-order valence-corrected chi connectivity index (χ1v) is 11.2. The van der Waals surface area contributed by atoms with Crippen molar-refractivity contribution < 1.29 is 14.3 Å². The number of amides is 1. The summed E-state index contributed by atoms with van der Waals surface area (Å²) in [6.45, 7) is 0. The Kier molecular flexibility index (Phi) is 4.53. The maximum Gasteiger partial charge on any atom is 0.260 e. The number of nitrogens with zero attached hydrogens (tertiary/aromatic N) is 3. The summed E-state index contributed by atoms with van der Waals surface area (Å²) in [5.41, 5.74) is 0.712. The number of rotatable bonds is 5. The average Bonchev–Trinajstić information content (AvgIpc) is 3.22. The summed E-state index contributed by atoms with van der Waals surface area (Å²) in [5.74, 6) is 3.61. The highest BCUT2D eigenvalue weighted by atomic mass is 32.1. The third-order valence-corrected chi connectivity index (χ3v) is 8.34. The second-order valence-electron chi connectivity index (χ2n) is 9.05. The van der Waals surface area contributed by atoms with Gasteiger partial charge >= 0.3 is 0 Å². The van der Waals surface area contributed by atoms with Crippen molar-refractivity contribution in [3.05, 3.63) is 28.8 Å². The van der Waals surface area contributed by atoms with Crippen molar-refractivity contribution in [3.8, 4) is 11.5 Å². The van der Waals surface area contributed by atoms with E-state index < -0.39 is 0 Å². The molecule has 4 aliphatic carbocycles. The van der Waals surface area contributed by atoms with Crippen LogP contribution in [0.1, 0.15) is 53.9 Å². The zero-order chi connectivity index (χ0) is 20.2. The standard InChI is InChI=1S/C22H27N3O3S/c1-25(19(26)16-7-17(27-2)9-18(8-16)28-3)21-24-23-20(29-21)22-10-13-4-14(11-22)6-15(5-13)12-22/h7-9,13-15H,4-6,10-12H2,1-3H3. The number of anilines is 1. The van der Waals surface area contributed by atoms with Crippen molar-refractivity contribution in [1.82, 2.24) is 10.2 Å². The summed E-state index contributed by atoms with van der Waals surface area (Å²) in [5, 5.41) is 10.8. The number of carbonyl (C=O) groups is 1. The normalized spacial score (nSPS) is 29.7. The minimum Gasteiger partial charge on any atom is -0.497 e. The van der Waals surface area contributed by atoms with Gasteiger partial charge in [-0.2, -0.15) is 0 Å². The monoisotopic (exact) mass is 413 g/mol. The van der Waals surface area contributed by atoms with Gasteiger partial charge in [-0.1, -0.05) is 11.3 Å². The molecule has 1 aromatic carbocycles. The number of carbonyl (C=O) groups excluding carboxylic acids is 1. The van der Waals surface area contributed by atoms with Gasteiger partial charge in [-0.3, -0.25) is 9.69 Å². The van der Waals surface area contributed by atoms with E-state index >= 15 is 0 Å². The largest absolute Gasteiger partial charge is 0.497 e. The fourth-order valence-corrected chi connectivity index (χ4v) is 7.17. The lowest BCUT2D eigenvalue weighted by atomic mass is 9.50. The van der Waals surface area contributed by atoms with E-state index in [0.717, 1.165) is 22.8 Å². The Morgan fingerprint density at radius 3 is 2.07 bits per heavy atom. The Morgan fingerprint density at radius 2 is 1.55 bits per heavy atom. The third kappa shape index (κ3) is 3.19. The first-order valence-electron chi connectivity index (χ1n) is 10.3. The van der Waals surface area contributed by atoms with E-state index in [0.29, 0.717) is 22.2 Å². The summed E-state index contributed by atoms with van der Waals surface area (Å²) >= 11 is 1.59. The summed E-state index contributed by atoms with van der Waals surface area (Å²) < 4.78 is 10.6. The number of hydrogen-bond acceptors (Lipinski definition) is 6. The summed E-state index contributed by atoms with van der Waals surface area (Å²) in [6.07, 6.45) is 7.96. The van der Waals surface area contributed by atoms with Gasteiger partial charge in [-0.05, 0) is 68.4 Å². The molecule has 0 saturated heterocycles. The van der Waals surface area contributed by atoms with Gasteiger partial charge in [0.2, 0.25) is 5.13 Å². The molecule has 4 saturated carbocycles. The quantitative estimate of drug-likeness (QED) is 0.731. The third-order valence-electron chi connectivity index (χ3n) is 7.10. The molecule has 154 valence electrons. The molecule has 0 radical (unpaired) electrons. The number of methoxy groups -OCH3 is 2. The smallest absolute Gasteiger partial charge is 0.260 e. The minimum absolute atomic E-state index is 0.143. The minimum atomic E-state index is -0.143. The SMILES string of the molecule is COc1cc(OC)cc(C(=O)N(C)c2nnc(C34CC5CC(CC(C5)C3)C4)s2)c1. The van der Waals surface area contributed by atoms with Crippen LogP contribution in [-0.4, -0.2) is 37.4 Å². The molecule has 4 aliphatic rings. The number of aromatic nitrogens is 2. The molecular weight excluding hydrogens is 386 g/mol. The van der Waals surface area contributed by atoms with Crippen LogP contribution >= 0.6 is 11.3 Å². The van der Waals surface area contributed by atoms with E-state index in [4.69, 9.17) is 9.47 Å². The maximum atomic E-state index is 13.1. The molecule has 0 N–H and O–H groups in total. The molecule has 6 rings (SSSR count). The molecule has 0 atom stereocenters. The second kappa shape index (κ2) is 6.97. The van der Waals surface area contributed by atoms with Crippen molar-refractivity contribution in [2.24, 2.45) is 17.8 Å². The Balaban J connectivity index is 1.40. The van der Waals surface area contributed by atoms with E-state index in [1.54, 1.807) is 55.7 Å². The molecule has 29 heavy (non-hydrogen) atoms. The van der Waals surface area contributed by atoms with Gasteiger partial charge in [0, 0.05) is 24.1 Å². The van der Waals surface area contributed by atoms with E-state index in [9.17, 15) is 4.79 Å². The van der Waals surface area contributed by atoms with Crippen LogP contribution in [0.5, 0.6) is 11.5 Å². The van der Waals surface area contributed by atoms with E-state index in [-0.39, 0.29) is 11.3 Å². The van der Waals surface area contributed by atoms with Crippen LogP contribution in [0.15, 0.2) is 18.2 Å². The van der Waals surface area contributed by atoms with Gasteiger partial charge in [-0.15, -0.1) is 10.2 Å². The van der Waals surface area contributed by atoms with Crippen LogP contribution in [0.4, 0.5) is 5.13 Å². The second-order valence-corrected chi connectivity index (χ2v) is 10.0. The maximum absolute atomic E-state index is 13.1. The van der Waals surface area contributed by atoms with Crippen LogP contribution in [0.3, 0.4) is 0 Å². The molecule has 0 unspecified atom stereocenters. The molecule has 4 bridgehead atoms. The Hall–Kier alpha value is -2.15. The molecule has 1 amide bonds. The summed E-state index contributed by atoms with van der Waals surface area (Å²) in [4.78, 5) is 14.7. The van der Waals surface area contributed by atoms with Crippen molar-refractivity contribution in [1.29, 1.82) is 0 Å². The lowest BCUT2D eigenvalue weighted by molar-refractivity contribution is -0.00555. The summed E-state index contributed by atoms with van der Waals surface area (Å²) in [7, 11) is 4.92. The van der Waals surface area contributed by atoms with Gasteiger partial charge in [0.05, 0.1) is 14.2 Å². The number of hydrogen-bond donors (Lipinski definition) is 0. The van der Waals surface area contributed by atoms with Crippen LogP contribution in [-0.2, 0) is 5.41 Å². The Bertz CT molecular complexity index is 884. The molecule has 0 aliphatic heterocycles. The van der Waals surface area contributed by atoms with Crippen LogP contribution in [0, 0.1) is 17.8 Å². The fraction of sp³-hybridized carbons (Fsp3) is 0.591. The zero-order valence-electron chi connectivity index (χ0n) is 17.2. The van der Waals surface area contributed by atoms with E-state index in [1.807, 2.05) is 0 Å². The predicted octanol–water partition coefficient (Wildman–Crippen LogP) is 4.30. The lowest BCUT2D eigenvalue weighted by Crippen LogP contribution is -2.48. The molecule has 0 spiro atoms. The first-order chi connectivity index (χ1) is 14.0. The number of ether oxygens (including phenoxy) is 2. The molecule has 7 heteroatoms. The molecule has 6 nitrogen and oxygen atoms in total. The lowest BCUT2D eigenvalue weighted by Gasteiger charge is -2.55.